The maximum Gasteiger partial charge on any atom is 0.238 e. The zero-order chi connectivity index (χ0) is 18.8. The molecule has 0 bridgehead atoms. The second kappa shape index (κ2) is 7.33. The molecule has 0 atom stereocenters. The quantitative estimate of drug-likeness (QED) is 0.822. The van der Waals surface area contributed by atoms with Gasteiger partial charge in [-0.2, -0.15) is 0 Å². The maximum absolute atomic E-state index is 11.6. The summed E-state index contributed by atoms with van der Waals surface area (Å²) in [5, 5.41) is 8.53. The van der Waals surface area contributed by atoms with Gasteiger partial charge in [-0.15, -0.1) is 0 Å². The highest BCUT2D eigenvalue weighted by atomic mass is 32.2. The van der Waals surface area contributed by atoms with E-state index in [2.05, 4.69) is 5.32 Å². The molecule has 7 heteroatoms. The predicted octanol–water partition coefficient (Wildman–Crippen LogP) is 2.89. The van der Waals surface area contributed by atoms with E-state index >= 15 is 0 Å². The molecular formula is C18H24N2O4S. The molecule has 0 saturated carbocycles. The van der Waals surface area contributed by atoms with Gasteiger partial charge in [-0.05, 0) is 61.7 Å². The largest absolute Gasteiger partial charge is 0.496 e. The molecule has 0 aliphatic carbocycles. The highest BCUT2D eigenvalue weighted by Crippen LogP contribution is 2.30. The molecule has 0 aliphatic heterocycles. The summed E-state index contributed by atoms with van der Waals surface area (Å²) in [5.41, 5.74) is 4.43. The summed E-state index contributed by atoms with van der Waals surface area (Å²) >= 11 is 0. The van der Waals surface area contributed by atoms with Crippen LogP contribution in [-0.2, 0) is 16.6 Å². The second-order valence-electron chi connectivity index (χ2n) is 5.94. The van der Waals surface area contributed by atoms with E-state index in [9.17, 15) is 8.42 Å². The number of nitrogens with two attached hydrogens (primary N) is 1. The smallest absolute Gasteiger partial charge is 0.238 e. The van der Waals surface area contributed by atoms with Gasteiger partial charge in [0.2, 0.25) is 10.0 Å². The fourth-order valence-electron chi connectivity index (χ4n) is 2.61. The van der Waals surface area contributed by atoms with Gasteiger partial charge in [-0.1, -0.05) is 0 Å². The molecule has 0 heterocycles. The fourth-order valence-corrected chi connectivity index (χ4v) is 3.24. The number of sulfonamides is 1. The van der Waals surface area contributed by atoms with Gasteiger partial charge in [-0.3, -0.25) is 0 Å². The lowest BCUT2D eigenvalue weighted by Gasteiger charge is -2.16. The van der Waals surface area contributed by atoms with Gasteiger partial charge in [0.15, 0.2) is 0 Å². The minimum atomic E-state index is -3.75. The molecule has 0 aromatic heterocycles. The maximum atomic E-state index is 11.6. The highest BCUT2D eigenvalue weighted by Gasteiger charge is 2.13. The van der Waals surface area contributed by atoms with E-state index in [4.69, 9.17) is 14.6 Å². The number of ether oxygens (including phenoxy) is 2. The standard InChI is InChI=1S/C18H24N2O4S/c1-11-6-15(25(19,21)22)9-16(12(11)2)20-10-14-7-17(23-4)13(3)18(8-14)24-5/h6-9,20H,10H2,1-5H3,(H2,19,21,22). The first kappa shape index (κ1) is 19.1. The molecule has 0 spiro atoms. The normalized spacial score (nSPS) is 11.3. The summed E-state index contributed by atoms with van der Waals surface area (Å²) in [4.78, 5) is 0.0946. The van der Waals surface area contributed by atoms with Crippen molar-refractivity contribution < 1.29 is 17.9 Å². The van der Waals surface area contributed by atoms with Crippen LogP contribution in [0, 0.1) is 20.8 Å². The van der Waals surface area contributed by atoms with E-state index in [0.29, 0.717) is 6.54 Å². The van der Waals surface area contributed by atoms with Crippen LogP contribution in [0.25, 0.3) is 0 Å². The van der Waals surface area contributed by atoms with Gasteiger partial charge in [-0.25, -0.2) is 13.6 Å². The van der Waals surface area contributed by atoms with Crippen molar-refractivity contribution in [2.45, 2.75) is 32.2 Å². The number of rotatable bonds is 6. The van der Waals surface area contributed by atoms with Crippen molar-refractivity contribution in [3.8, 4) is 11.5 Å². The number of aryl methyl sites for hydroxylation is 1. The Kier molecular flexibility index (Phi) is 5.59. The summed E-state index contributed by atoms with van der Waals surface area (Å²) in [7, 11) is -0.528. The Morgan fingerprint density at radius 1 is 0.960 bits per heavy atom. The lowest BCUT2D eigenvalue weighted by molar-refractivity contribution is 0.388. The van der Waals surface area contributed by atoms with Crippen LogP contribution in [0.5, 0.6) is 11.5 Å². The topological polar surface area (TPSA) is 90.6 Å². The van der Waals surface area contributed by atoms with E-state index in [1.54, 1.807) is 26.4 Å². The lowest BCUT2D eigenvalue weighted by Crippen LogP contribution is -2.13. The third kappa shape index (κ3) is 4.24. The van der Waals surface area contributed by atoms with Crippen molar-refractivity contribution >= 4 is 15.7 Å². The van der Waals surface area contributed by atoms with E-state index in [1.807, 2.05) is 32.9 Å². The predicted molar refractivity (Wildman–Crippen MR) is 98.9 cm³/mol. The van der Waals surface area contributed by atoms with Crippen molar-refractivity contribution in [2.75, 3.05) is 19.5 Å². The fraction of sp³-hybridized carbons (Fsp3) is 0.333. The van der Waals surface area contributed by atoms with Crippen LogP contribution in [0.15, 0.2) is 29.2 Å². The third-order valence-corrected chi connectivity index (χ3v) is 5.16. The van der Waals surface area contributed by atoms with Crippen LogP contribution in [0.4, 0.5) is 5.69 Å². The molecular weight excluding hydrogens is 340 g/mol. The van der Waals surface area contributed by atoms with E-state index < -0.39 is 10.0 Å². The van der Waals surface area contributed by atoms with E-state index in [-0.39, 0.29) is 4.90 Å². The van der Waals surface area contributed by atoms with Gasteiger partial charge in [0.25, 0.3) is 0 Å². The number of benzene rings is 2. The number of primary sulfonamides is 1. The van der Waals surface area contributed by atoms with Crippen LogP contribution in [0.1, 0.15) is 22.3 Å². The Bertz CT molecular complexity index is 867. The first-order chi connectivity index (χ1) is 11.7. The van der Waals surface area contributed by atoms with E-state index in [0.717, 1.165) is 39.4 Å². The average Bonchev–Trinajstić information content (AvgIpc) is 2.55. The SMILES string of the molecule is COc1cc(CNc2cc(S(N)(=O)=O)cc(C)c2C)cc(OC)c1C. The Hall–Kier alpha value is -2.25. The number of nitrogens with one attached hydrogen (secondary N) is 1. The van der Waals surface area contributed by atoms with Crippen molar-refractivity contribution in [2.24, 2.45) is 5.14 Å². The van der Waals surface area contributed by atoms with Gasteiger partial charge in [0.05, 0.1) is 19.1 Å². The number of hydrogen-bond donors (Lipinski definition) is 2. The van der Waals surface area contributed by atoms with Gasteiger partial charge < -0.3 is 14.8 Å². The third-order valence-electron chi connectivity index (χ3n) is 4.26. The van der Waals surface area contributed by atoms with E-state index in [1.165, 1.54) is 0 Å². The van der Waals surface area contributed by atoms with Crippen molar-refractivity contribution in [1.82, 2.24) is 0 Å². The summed E-state index contributed by atoms with van der Waals surface area (Å²) in [6.07, 6.45) is 0. The van der Waals surface area contributed by atoms with Gasteiger partial charge in [0, 0.05) is 17.8 Å². The van der Waals surface area contributed by atoms with Crippen molar-refractivity contribution in [3.05, 3.63) is 46.5 Å². The molecule has 3 N–H and O–H groups in total. The molecule has 0 fully saturated rings. The molecule has 136 valence electrons. The molecule has 0 amide bonds. The van der Waals surface area contributed by atoms with Crippen LogP contribution in [0.2, 0.25) is 0 Å². The minimum absolute atomic E-state index is 0.0946. The lowest BCUT2D eigenvalue weighted by atomic mass is 10.1. The number of anilines is 1. The van der Waals surface area contributed by atoms with Crippen LogP contribution < -0.4 is 19.9 Å². The molecule has 6 nitrogen and oxygen atoms in total. The molecule has 2 aromatic rings. The Morgan fingerprint density at radius 2 is 1.52 bits per heavy atom. The summed E-state index contributed by atoms with van der Waals surface area (Å²) in [5.74, 6) is 1.48. The molecule has 0 aliphatic rings. The average molecular weight is 364 g/mol. The molecule has 0 saturated heterocycles. The first-order valence-corrected chi connectivity index (χ1v) is 9.31. The number of methoxy groups -OCH3 is 2. The Balaban J connectivity index is 2.35. The first-order valence-electron chi connectivity index (χ1n) is 7.76. The zero-order valence-corrected chi connectivity index (χ0v) is 16.0. The van der Waals surface area contributed by atoms with Crippen molar-refractivity contribution in [3.63, 3.8) is 0 Å². The molecule has 2 aromatic carbocycles. The minimum Gasteiger partial charge on any atom is -0.496 e. The van der Waals surface area contributed by atoms with Crippen LogP contribution in [0.3, 0.4) is 0 Å². The van der Waals surface area contributed by atoms with Crippen molar-refractivity contribution in [1.29, 1.82) is 0 Å². The second-order valence-corrected chi connectivity index (χ2v) is 7.50. The van der Waals surface area contributed by atoms with Gasteiger partial charge in [0.1, 0.15) is 11.5 Å². The zero-order valence-electron chi connectivity index (χ0n) is 15.1. The molecule has 25 heavy (non-hydrogen) atoms. The van der Waals surface area contributed by atoms with Crippen LogP contribution >= 0.6 is 0 Å². The molecule has 0 unspecified atom stereocenters. The van der Waals surface area contributed by atoms with Gasteiger partial charge >= 0.3 is 0 Å². The highest BCUT2D eigenvalue weighted by molar-refractivity contribution is 7.89. The summed E-state index contributed by atoms with van der Waals surface area (Å²) in [6.45, 7) is 6.20. The van der Waals surface area contributed by atoms with Crippen LogP contribution in [-0.4, -0.2) is 22.6 Å². The Morgan fingerprint density at radius 3 is 2.00 bits per heavy atom. The summed E-state index contributed by atoms with van der Waals surface area (Å²) < 4.78 is 34.1. The summed E-state index contributed by atoms with van der Waals surface area (Å²) in [6, 6.07) is 6.99. The number of hydrogen-bond acceptors (Lipinski definition) is 5. The molecule has 0 radical (unpaired) electrons. The monoisotopic (exact) mass is 364 g/mol. The molecule has 2 rings (SSSR count). The Labute approximate surface area is 149 Å².